The Morgan fingerprint density at radius 2 is 1.95 bits per heavy atom. The minimum atomic E-state index is -3.50. The van der Waals surface area contributed by atoms with E-state index < -0.39 is 9.84 Å². The maximum Gasteiger partial charge on any atom is 0.223 e. The molecule has 0 N–H and O–H groups in total. The lowest BCUT2D eigenvalue weighted by molar-refractivity contribution is -0.129. The second kappa shape index (κ2) is 7.27. The zero-order chi connectivity index (χ0) is 15.2. The van der Waals surface area contributed by atoms with Gasteiger partial charge in [0.15, 0.2) is 9.84 Å². The van der Waals surface area contributed by atoms with Crippen LogP contribution in [0.15, 0.2) is 29.2 Å². The van der Waals surface area contributed by atoms with Crippen LogP contribution in [0.2, 0.25) is 5.02 Å². The van der Waals surface area contributed by atoms with Crippen molar-refractivity contribution in [1.29, 1.82) is 5.26 Å². The molecule has 0 saturated heterocycles. The Kier molecular flexibility index (Phi) is 5.99. The average molecular weight is 315 g/mol. The van der Waals surface area contributed by atoms with Gasteiger partial charge in [-0.2, -0.15) is 5.26 Å². The van der Waals surface area contributed by atoms with Gasteiger partial charge in [-0.1, -0.05) is 11.6 Å². The van der Waals surface area contributed by atoms with Gasteiger partial charge in [-0.15, -0.1) is 0 Å². The molecule has 0 fully saturated rings. The summed E-state index contributed by atoms with van der Waals surface area (Å²) in [6.07, 6.45) is 0.124. The Bertz CT molecular complexity index is 605. The summed E-state index contributed by atoms with van der Waals surface area (Å²) in [5.41, 5.74) is 0. The molecular weight excluding hydrogens is 300 g/mol. The van der Waals surface area contributed by atoms with Gasteiger partial charge in [-0.3, -0.25) is 4.79 Å². The summed E-state index contributed by atoms with van der Waals surface area (Å²) in [6.45, 7) is 0.302. The molecular formula is C13H15ClN2O3S. The number of carbonyl (C=O) groups is 1. The minimum Gasteiger partial charge on any atom is -0.345 e. The van der Waals surface area contributed by atoms with E-state index in [4.69, 9.17) is 16.9 Å². The van der Waals surface area contributed by atoms with Crippen molar-refractivity contribution in [2.45, 2.75) is 17.7 Å². The average Bonchev–Trinajstić information content (AvgIpc) is 2.42. The zero-order valence-electron chi connectivity index (χ0n) is 11.0. The lowest BCUT2D eigenvalue weighted by Crippen LogP contribution is -2.29. The summed E-state index contributed by atoms with van der Waals surface area (Å²) in [5.74, 6) is -0.553. The summed E-state index contributed by atoms with van der Waals surface area (Å²) in [5, 5.41) is 8.89. The van der Waals surface area contributed by atoms with Gasteiger partial charge in [0, 0.05) is 25.0 Å². The van der Waals surface area contributed by atoms with E-state index in [9.17, 15) is 13.2 Å². The molecule has 1 rings (SSSR count). The highest BCUT2D eigenvalue weighted by Gasteiger charge is 2.18. The van der Waals surface area contributed by atoms with Crippen LogP contribution >= 0.6 is 11.6 Å². The number of hydrogen-bond acceptors (Lipinski definition) is 4. The van der Waals surface area contributed by atoms with Crippen LogP contribution in [0.25, 0.3) is 0 Å². The highest BCUT2D eigenvalue weighted by Crippen LogP contribution is 2.16. The number of rotatable bonds is 6. The van der Waals surface area contributed by atoms with E-state index in [-0.39, 0.29) is 29.4 Å². The third-order valence-corrected chi connectivity index (χ3v) is 4.73. The number of sulfone groups is 1. The van der Waals surface area contributed by atoms with Crippen LogP contribution in [0.1, 0.15) is 12.8 Å². The maximum absolute atomic E-state index is 12.0. The first kappa shape index (κ1) is 16.5. The van der Waals surface area contributed by atoms with Gasteiger partial charge in [0.2, 0.25) is 5.91 Å². The molecule has 0 bridgehead atoms. The van der Waals surface area contributed by atoms with Gasteiger partial charge in [0.25, 0.3) is 0 Å². The molecule has 1 aromatic rings. The molecule has 0 spiro atoms. The highest BCUT2D eigenvalue weighted by molar-refractivity contribution is 7.91. The third-order valence-electron chi connectivity index (χ3n) is 2.74. The molecule has 0 saturated carbocycles. The van der Waals surface area contributed by atoms with E-state index >= 15 is 0 Å². The van der Waals surface area contributed by atoms with Crippen molar-refractivity contribution in [3.63, 3.8) is 0 Å². The smallest absolute Gasteiger partial charge is 0.223 e. The molecule has 20 heavy (non-hydrogen) atoms. The lowest BCUT2D eigenvalue weighted by atomic mass is 10.3. The fourth-order valence-electron chi connectivity index (χ4n) is 1.51. The van der Waals surface area contributed by atoms with Crippen LogP contribution in [0.3, 0.4) is 0 Å². The van der Waals surface area contributed by atoms with E-state index in [2.05, 4.69) is 0 Å². The van der Waals surface area contributed by atoms with Crippen LogP contribution in [0.5, 0.6) is 0 Å². The fourth-order valence-corrected chi connectivity index (χ4v) is 2.87. The molecule has 0 unspecified atom stereocenters. The summed E-state index contributed by atoms with van der Waals surface area (Å²) in [7, 11) is -1.95. The zero-order valence-corrected chi connectivity index (χ0v) is 12.6. The number of halogens is 1. The summed E-state index contributed by atoms with van der Waals surface area (Å²) in [4.78, 5) is 13.2. The van der Waals surface area contributed by atoms with Crippen molar-refractivity contribution in [3.8, 4) is 6.07 Å². The summed E-state index contributed by atoms with van der Waals surface area (Å²) >= 11 is 5.70. The van der Waals surface area contributed by atoms with Crippen LogP contribution in [0, 0.1) is 11.3 Å². The molecule has 1 amide bonds. The first-order chi connectivity index (χ1) is 9.36. The molecule has 0 aliphatic heterocycles. The number of nitrogens with zero attached hydrogens (tertiary/aromatic N) is 2. The van der Waals surface area contributed by atoms with Gasteiger partial charge < -0.3 is 4.90 Å². The van der Waals surface area contributed by atoms with Crippen LogP contribution in [-0.4, -0.2) is 38.6 Å². The van der Waals surface area contributed by atoms with Gasteiger partial charge in [-0.25, -0.2) is 8.42 Å². The quantitative estimate of drug-likeness (QED) is 0.803. The number of hydrogen-bond donors (Lipinski definition) is 0. The minimum absolute atomic E-state index is 0.104. The van der Waals surface area contributed by atoms with Gasteiger partial charge >= 0.3 is 0 Å². The molecule has 7 heteroatoms. The van der Waals surface area contributed by atoms with E-state index in [0.29, 0.717) is 11.6 Å². The Morgan fingerprint density at radius 1 is 1.35 bits per heavy atom. The molecule has 0 heterocycles. The molecule has 0 atom stereocenters. The third kappa shape index (κ3) is 4.83. The van der Waals surface area contributed by atoms with Crippen LogP contribution < -0.4 is 0 Å². The van der Waals surface area contributed by atoms with Crippen molar-refractivity contribution in [1.82, 2.24) is 4.90 Å². The lowest BCUT2D eigenvalue weighted by Gasteiger charge is -2.15. The Hall–Kier alpha value is -1.58. The van der Waals surface area contributed by atoms with E-state index in [0.717, 1.165) is 0 Å². The Balaban J connectivity index is 2.62. The number of benzene rings is 1. The van der Waals surface area contributed by atoms with Crippen molar-refractivity contribution in [2.24, 2.45) is 0 Å². The van der Waals surface area contributed by atoms with E-state index in [1.807, 2.05) is 6.07 Å². The first-order valence-corrected chi connectivity index (χ1v) is 7.99. The van der Waals surface area contributed by atoms with Crippen molar-refractivity contribution in [2.75, 3.05) is 19.3 Å². The monoisotopic (exact) mass is 314 g/mol. The second-order valence-electron chi connectivity index (χ2n) is 4.25. The standard InChI is InChI=1S/C13H15ClN2O3S/c1-16(9-2-8-15)13(17)7-10-20(18,19)12-5-3-11(14)4-6-12/h3-6H,2,7,9-10H2,1H3. The summed E-state index contributed by atoms with van der Waals surface area (Å²) in [6, 6.07) is 7.76. The largest absolute Gasteiger partial charge is 0.345 e. The summed E-state index contributed by atoms with van der Waals surface area (Å²) < 4.78 is 24.0. The predicted octanol–water partition coefficient (Wildman–Crippen LogP) is 1.88. The molecule has 108 valence electrons. The van der Waals surface area contributed by atoms with E-state index in [1.54, 1.807) is 7.05 Å². The van der Waals surface area contributed by atoms with Crippen LogP contribution in [0.4, 0.5) is 0 Å². The van der Waals surface area contributed by atoms with Crippen molar-refractivity contribution in [3.05, 3.63) is 29.3 Å². The van der Waals surface area contributed by atoms with Crippen molar-refractivity contribution < 1.29 is 13.2 Å². The topological polar surface area (TPSA) is 78.2 Å². The van der Waals surface area contributed by atoms with Gasteiger partial charge in [0.05, 0.1) is 23.1 Å². The van der Waals surface area contributed by atoms with Crippen LogP contribution in [-0.2, 0) is 14.6 Å². The number of nitriles is 1. The molecule has 0 aromatic heterocycles. The number of carbonyl (C=O) groups excluding carboxylic acids is 1. The first-order valence-electron chi connectivity index (χ1n) is 5.96. The molecule has 0 aliphatic rings. The molecule has 0 radical (unpaired) electrons. The predicted molar refractivity (Wildman–Crippen MR) is 76.0 cm³/mol. The molecule has 1 aromatic carbocycles. The maximum atomic E-state index is 12.0. The fraction of sp³-hybridized carbons (Fsp3) is 0.385. The SMILES string of the molecule is CN(CCC#N)C(=O)CCS(=O)(=O)c1ccc(Cl)cc1. The van der Waals surface area contributed by atoms with E-state index in [1.165, 1.54) is 29.2 Å². The Labute approximate surface area is 123 Å². The second-order valence-corrected chi connectivity index (χ2v) is 6.79. The van der Waals surface area contributed by atoms with Gasteiger partial charge in [-0.05, 0) is 24.3 Å². The molecule has 5 nitrogen and oxygen atoms in total. The Morgan fingerprint density at radius 3 is 2.50 bits per heavy atom. The van der Waals surface area contributed by atoms with Crippen molar-refractivity contribution >= 4 is 27.3 Å². The number of amides is 1. The molecule has 0 aliphatic carbocycles. The highest BCUT2D eigenvalue weighted by atomic mass is 35.5. The normalized spacial score (nSPS) is 10.8. The van der Waals surface area contributed by atoms with Gasteiger partial charge in [0.1, 0.15) is 0 Å².